The second kappa shape index (κ2) is 13.6. The van der Waals surface area contributed by atoms with E-state index in [-0.39, 0.29) is 29.5 Å². The molecule has 0 saturated carbocycles. The molecular weight excluding hydrogens is 660 g/mol. The van der Waals surface area contributed by atoms with Crippen molar-refractivity contribution in [2.75, 3.05) is 6.61 Å². The molecule has 0 saturated heterocycles. The molecule has 0 bridgehead atoms. The Kier molecular flexibility index (Phi) is 9.65. The molecule has 0 fully saturated rings. The smallest absolute Gasteiger partial charge is 0.312 e. The maximum Gasteiger partial charge on any atom is 0.312 e. The number of nitro groups is 1. The first-order valence-corrected chi connectivity index (χ1v) is 15.4. The van der Waals surface area contributed by atoms with Crippen molar-refractivity contribution in [3.8, 4) is 22.9 Å². The molecule has 0 unspecified atom stereocenters. The number of hydrogen-bond acceptors (Lipinski definition) is 7. The summed E-state index contributed by atoms with van der Waals surface area (Å²) in [6.07, 6.45) is 1.39. The largest absolute Gasteiger partial charge is 0.494 e. The van der Waals surface area contributed by atoms with Crippen molar-refractivity contribution in [3.05, 3.63) is 125 Å². The van der Waals surface area contributed by atoms with E-state index in [2.05, 4.69) is 34.9 Å². The molecule has 0 aliphatic rings. The van der Waals surface area contributed by atoms with Gasteiger partial charge in [-0.1, -0.05) is 55.8 Å². The normalized spacial score (nSPS) is 11.4. The molecule has 45 heavy (non-hydrogen) atoms. The lowest BCUT2D eigenvalue weighted by Crippen LogP contribution is -2.21. The molecule has 0 aliphatic carbocycles. The number of nitrogens with zero attached hydrogens (tertiary/aromatic N) is 4. The van der Waals surface area contributed by atoms with Gasteiger partial charge in [-0.25, -0.2) is 4.98 Å². The highest BCUT2D eigenvalue weighted by molar-refractivity contribution is 9.10. The zero-order valence-corrected chi connectivity index (χ0v) is 27.4. The molecule has 9 nitrogen and oxygen atoms in total. The van der Waals surface area contributed by atoms with Gasteiger partial charge in [0.15, 0.2) is 5.82 Å². The van der Waals surface area contributed by atoms with Gasteiger partial charge in [-0.15, -0.1) is 0 Å². The van der Waals surface area contributed by atoms with Crippen LogP contribution in [0.25, 0.3) is 22.3 Å². The van der Waals surface area contributed by atoms with Gasteiger partial charge in [-0.05, 0) is 83.2 Å². The number of aromatic nitrogens is 2. The average molecular weight is 690 g/mol. The maximum atomic E-state index is 13.8. The molecule has 5 rings (SSSR count). The van der Waals surface area contributed by atoms with E-state index in [1.807, 2.05) is 38.1 Å². The third-order valence-electron chi connectivity index (χ3n) is 7.17. The predicted octanol–water partition coefficient (Wildman–Crippen LogP) is 8.68. The second-order valence-corrected chi connectivity index (χ2v) is 11.9. The Morgan fingerprint density at radius 2 is 1.82 bits per heavy atom. The van der Waals surface area contributed by atoms with Crippen molar-refractivity contribution >= 4 is 50.3 Å². The Morgan fingerprint density at radius 1 is 1.09 bits per heavy atom. The van der Waals surface area contributed by atoms with Crippen LogP contribution in [0.1, 0.15) is 48.9 Å². The number of para-hydroxylation sites is 1. The fraction of sp³-hybridized carbons (Fsp3) is 0.206. The number of fused-ring (bicyclic) bond motifs is 1. The fourth-order valence-corrected chi connectivity index (χ4v) is 5.69. The quantitative estimate of drug-likeness (QED) is 0.0825. The molecule has 1 aromatic heterocycles. The summed E-state index contributed by atoms with van der Waals surface area (Å²) in [6.45, 7) is 8.57. The van der Waals surface area contributed by atoms with Gasteiger partial charge in [0.05, 0.1) is 33.1 Å². The molecule has 0 amide bonds. The first-order chi connectivity index (χ1) is 21.6. The predicted molar refractivity (Wildman–Crippen MR) is 181 cm³/mol. The van der Waals surface area contributed by atoms with Crippen molar-refractivity contribution < 1.29 is 14.4 Å². The highest BCUT2D eigenvalue weighted by Crippen LogP contribution is 2.37. The van der Waals surface area contributed by atoms with Crippen LogP contribution in [0.2, 0.25) is 5.02 Å². The molecule has 1 heterocycles. The summed E-state index contributed by atoms with van der Waals surface area (Å²) >= 11 is 9.65. The minimum Gasteiger partial charge on any atom is -0.494 e. The van der Waals surface area contributed by atoms with Crippen molar-refractivity contribution in [1.29, 1.82) is 0 Å². The van der Waals surface area contributed by atoms with Crippen molar-refractivity contribution in [1.82, 2.24) is 9.66 Å². The summed E-state index contributed by atoms with van der Waals surface area (Å²) in [5, 5.41) is 17.5. The Hall–Kier alpha value is -4.54. The van der Waals surface area contributed by atoms with Crippen molar-refractivity contribution in [3.63, 3.8) is 0 Å². The summed E-state index contributed by atoms with van der Waals surface area (Å²) in [7, 11) is 0. The van der Waals surface area contributed by atoms with Crippen LogP contribution in [0.4, 0.5) is 5.69 Å². The number of ether oxygens (including phenoxy) is 2. The van der Waals surface area contributed by atoms with E-state index in [0.29, 0.717) is 44.0 Å². The van der Waals surface area contributed by atoms with Crippen LogP contribution in [0.5, 0.6) is 11.5 Å². The van der Waals surface area contributed by atoms with E-state index < -0.39 is 4.92 Å². The Labute approximate surface area is 273 Å². The van der Waals surface area contributed by atoms with E-state index in [1.165, 1.54) is 17.0 Å². The molecule has 0 aliphatic heterocycles. The Balaban J connectivity index is 1.62. The van der Waals surface area contributed by atoms with Gasteiger partial charge in [0.1, 0.15) is 12.4 Å². The number of rotatable bonds is 10. The number of aryl methyl sites for hydroxylation is 1. The monoisotopic (exact) mass is 688 g/mol. The summed E-state index contributed by atoms with van der Waals surface area (Å²) in [6, 6.07) is 21.1. The third kappa shape index (κ3) is 6.77. The molecule has 0 atom stereocenters. The zero-order valence-electron chi connectivity index (χ0n) is 25.1. The second-order valence-electron chi connectivity index (χ2n) is 10.6. The van der Waals surface area contributed by atoms with Crippen molar-refractivity contribution in [2.45, 2.75) is 40.2 Å². The van der Waals surface area contributed by atoms with E-state index >= 15 is 0 Å². The minimum atomic E-state index is -0.532. The minimum absolute atomic E-state index is 0.0356. The van der Waals surface area contributed by atoms with E-state index in [1.54, 1.807) is 42.5 Å². The summed E-state index contributed by atoms with van der Waals surface area (Å²) in [5.41, 5.74) is 3.49. The van der Waals surface area contributed by atoms with Crippen LogP contribution in [0, 0.1) is 17.0 Å². The lowest BCUT2D eigenvalue weighted by molar-refractivity contribution is -0.386. The molecule has 230 valence electrons. The average Bonchev–Trinajstić information content (AvgIpc) is 3.00. The molecule has 0 radical (unpaired) electrons. The van der Waals surface area contributed by atoms with E-state index in [0.717, 1.165) is 22.4 Å². The lowest BCUT2D eigenvalue weighted by Gasteiger charge is -2.18. The van der Waals surface area contributed by atoms with Crippen LogP contribution in [-0.4, -0.2) is 27.4 Å². The van der Waals surface area contributed by atoms with Gasteiger partial charge >= 0.3 is 5.69 Å². The molecule has 0 spiro atoms. The number of nitro benzene ring substituents is 1. The summed E-state index contributed by atoms with van der Waals surface area (Å²) < 4.78 is 13.3. The lowest BCUT2D eigenvalue weighted by atomic mass is 9.96. The van der Waals surface area contributed by atoms with Gasteiger partial charge in [-0.2, -0.15) is 9.78 Å². The van der Waals surface area contributed by atoms with Crippen LogP contribution < -0.4 is 15.0 Å². The summed E-state index contributed by atoms with van der Waals surface area (Å²) in [4.78, 5) is 30.2. The SMILES string of the molecule is CCOc1cc(C)c(-c2nc3ccccc3c(=O)n2N=Cc2cc(Br)c(OCc3ccccc3Cl)c([N+](=O)[O-])c2)cc1C(C)C. The van der Waals surface area contributed by atoms with Crippen LogP contribution in [-0.2, 0) is 6.61 Å². The van der Waals surface area contributed by atoms with Crippen LogP contribution >= 0.6 is 27.5 Å². The number of halogens is 2. The van der Waals surface area contributed by atoms with Gasteiger partial charge < -0.3 is 9.47 Å². The first-order valence-electron chi connectivity index (χ1n) is 14.3. The van der Waals surface area contributed by atoms with Crippen molar-refractivity contribution in [2.24, 2.45) is 5.10 Å². The Bertz CT molecular complexity index is 2010. The molecular formula is C34H30BrClN4O5. The van der Waals surface area contributed by atoms with Gasteiger partial charge in [0.2, 0.25) is 5.75 Å². The van der Waals surface area contributed by atoms with E-state index in [4.69, 9.17) is 26.1 Å². The zero-order chi connectivity index (χ0) is 32.2. The van der Waals surface area contributed by atoms with Crippen LogP contribution in [0.15, 0.2) is 87.2 Å². The van der Waals surface area contributed by atoms with Gasteiger partial charge in [0.25, 0.3) is 5.56 Å². The first kappa shape index (κ1) is 31.9. The van der Waals surface area contributed by atoms with E-state index in [9.17, 15) is 14.9 Å². The molecule has 4 aromatic carbocycles. The highest BCUT2D eigenvalue weighted by atomic mass is 79.9. The molecule has 11 heteroatoms. The highest BCUT2D eigenvalue weighted by Gasteiger charge is 2.22. The van der Waals surface area contributed by atoms with Crippen LogP contribution in [0.3, 0.4) is 0 Å². The van der Waals surface area contributed by atoms with Gasteiger partial charge in [-0.3, -0.25) is 14.9 Å². The van der Waals surface area contributed by atoms with Gasteiger partial charge in [0, 0.05) is 27.8 Å². The Morgan fingerprint density at radius 3 is 2.53 bits per heavy atom. The standard InChI is InChI=1S/C34H30BrClN4O5/c1-5-44-31-14-21(4)26(17-25(31)20(2)3)33-38-29-13-9-7-11-24(29)34(41)39(33)37-18-22-15-27(35)32(30(16-22)40(42)43)45-19-23-10-6-8-12-28(23)36/h6-18,20H,5,19H2,1-4H3. The molecule has 5 aromatic rings. The fourth-order valence-electron chi connectivity index (χ4n) is 4.92. The number of hydrogen-bond donors (Lipinski definition) is 0. The topological polar surface area (TPSA) is 109 Å². The molecule has 0 N–H and O–H groups in total. The maximum absolute atomic E-state index is 13.8. The summed E-state index contributed by atoms with van der Waals surface area (Å²) in [5.74, 6) is 1.31. The number of benzene rings is 4. The third-order valence-corrected chi connectivity index (χ3v) is 8.13.